The number of aromatic nitrogens is 1. The number of aromatic amines is 1. The van der Waals surface area contributed by atoms with Crippen molar-refractivity contribution in [1.82, 2.24) is 9.88 Å². The fraction of sp³-hybridized carbons (Fsp3) is 0.318. The predicted octanol–water partition coefficient (Wildman–Crippen LogP) is 5.28. The summed E-state index contributed by atoms with van der Waals surface area (Å²) in [5.74, 6) is -0.138. The van der Waals surface area contributed by atoms with Crippen molar-refractivity contribution in [2.45, 2.75) is 31.7 Å². The van der Waals surface area contributed by atoms with Gasteiger partial charge in [-0.15, -0.1) is 0 Å². The molecule has 1 unspecified atom stereocenters. The quantitative estimate of drug-likeness (QED) is 0.576. The van der Waals surface area contributed by atoms with Gasteiger partial charge in [-0.25, -0.2) is 4.39 Å². The van der Waals surface area contributed by atoms with Crippen molar-refractivity contribution in [3.63, 3.8) is 0 Å². The number of amides is 1. The molecule has 1 fully saturated rings. The van der Waals surface area contributed by atoms with E-state index in [1.165, 1.54) is 22.7 Å². The van der Waals surface area contributed by atoms with E-state index in [1.54, 1.807) is 12.1 Å². The van der Waals surface area contributed by atoms with Crippen LogP contribution in [0.5, 0.6) is 0 Å². The molecule has 2 aromatic carbocycles. The molecule has 2 heterocycles. The molecule has 0 aliphatic carbocycles. The number of carbonyl (C=O) groups is 1. The lowest BCUT2D eigenvalue weighted by atomic mass is 9.92. The second kappa shape index (κ2) is 8.05. The van der Waals surface area contributed by atoms with Gasteiger partial charge in [0, 0.05) is 21.6 Å². The highest BCUT2D eigenvalue weighted by atomic mass is 79.9. The summed E-state index contributed by atoms with van der Waals surface area (Å²) < 4.78 is 14.6. The van der Waals surface area contributed by atoms with Gasteiger partial charge in [0.1, 0.15) is 5.82 Å². The molecule has 4 nitrogen and oxygen atoms in total. The van der Waals surface area contributed by atoms with E-state index in [1.807, 2.05) is 13.0 Å². The largest absolute Gasteiger partial charge is 0.358 e. The van der Waals surface area contributed by atoms with E-state index in [0.29, 0.717) is 10.4 Å². The van der Waals surface area contributed by atoms with Crippen LogP contribution >= 0.6 is 15.9 Å². The van der Waals surface area contributed by atoms with Crippen LogP contribution in [-0.4, -0.2) is 34.9 Å². The molecule has 146 valence electrons. The molecule has 0 bridgehead atoms. The predicted molar refractivity (Wildman–Crippen MR) is 114 cm³/mol. The van der Waals surface area contributed by atoms with E-state index >= 15 is 0 Å². The average molecular weight is 444 g/mol. The van der Waals surface area contributed by atoms with Crippen molar-refractivity contribution < 1.29 is 9.18 Å². The molecule has 0 spiro atoms. The lowest BCUT2D eigenvalue weighted by Gasteiger charge is -2.35. The number of hydrogen-bond acceptors (Lipinski definition) is 2. The highest BCUT2D eigenvalue weighted by Crippen LogP contribution is 2.30. The number of carbonyl (C=O) groups excluding carboxylic acids is 1. The normalized spacial score (nSPS) is 17.0. The van der Waals surface area contributed by atoms with Gasteiger partial charge >= 0.3 is 0 Å². The third-order valence-electron chi connectivity index (χ3n) is 5.64. The zero-order chi connectivity index (χ0) is 19.7. The Balaban J connectivity index is 1.36. The number of nitrogens with zero attached hydrogens (tertiary/aromatic N) is 1. The molecule has 1 aliphatic rings. The number of piperidine rings is 1. The Kier molecular flexibility index (Phi) is 5.51. The lowest BCUT2D eigenvalue weighted by Crippen LogP contribution is -2.45. The maximum Gasteiger partial charge on any atom is 0.241 e. The van der Waals surface area contributed by atoms with Crippen molar-refractivity contribution in [2.24, 2.45) is 0 Å². The minimum Gasteiger partial charge on any atom is -0.358 e. The fourth-order valence-electron chi connectivity index (χ4n) is 3.91. The van der Waals surface area contributed by atoms with Gasteiger partial charge in [-0.05, 0) is 68.6 Å². The summed E-state index contributed by atoms with van der Waals surface area (Å²) in [6.45, 7) is 3.57. The molecule has 1 amide bonds. The van der Waals surface area contributed by atoms with Gasteiger partial charge in [0.15, 0.2) is 0 Å². The van der Waals surface area contributed by atoms with Crippen molar-refractivity contribution in [1.29, 1.82) is 0 Å². The Labute approximate surface area is 172 Å². The molecule has 28 heavy (non-hydrogen) atoms. The van der Waals surface area contributed by atoms with E-state index in [4.69, 9.17) is 0 Å². The summed E-state index contributed by atoms with van der Waals surface area (Å²) in [6.07, 6.45) is 1.99. The molecule has 1 aromatic heterocycles. The molecule has 0 radical (unpaired) electrons. The van der Waals surface area contributed by atoms with Crippen LogP contribution in [0.2, 0.25) is 0 Å². The van der Waals surface area contributed by atoms with Crippen LogP contribution < -0.4 is 5.32 Å². The van der Waals surface area contributed by atoms with Crippen LogP contribution in [0.1, 0.15) is 31.4 Å². The Morgan fingerprint density at radius 1 is 1.21 bits per heavy atom. The van der Waals surface area contributed by atoms with Crippen molar-refractivity contribution >= 4 is 38.4 Å². The number of para-hydroxylation sites is 1. The van der Waals surface area contributed by atoms with Crippen LogP contribution in [0.3, 0.4) is 0 Å². The molecule has 6 heteroatoms. The van der Waals surface area contributed by atoms with Crippen molar-refractivity contribution in [3.05, 3.63) is 64.5 Å². The first-order valence-corrected chi connectivity index (χ1v) is 10.4. The Morgan fingerprint density at radius 3 is 2.68 bits per heavy atom. The van der Waals surface area contributed by atoms with E-state index in [2.05, 4.69) is 55.4 Å². The molecule has 2 N–H and O–H groups in total. The molecule has 1 atom stereocenters. The molecular weight excluding hydrogens is 421 g/mol. The number of hydrogen-bond donors (Lipinski definition) is 2. The van der Waals surface area contributed by atoms with Gasteiger partial charge in [0.05, 0.1) is 11.7 Å². The number of benzene rings is 2. The summed E-state index contributed by atoms with van der Waals surface area (Å²) in [7, 11) is 0. The highest BCUT2D eigenvalue weighted by molar-refractivity contribution is 9.10. The smallest absolute Gasteiger partial charge is 0.241 e. The first-order chi connectivity index (χ1) is 13.5. The summed E-state index contributed by atoms with van der Waals surface area (Å²) >= 11 is 3.23. The number of nitrogens with one attached hydrogen (secondary N) is 2. The van der Waals surface area contributed by atoms with Gasteiger partial charge in [0.25, 0.3) is 0 Å². The highest BCUT2D eigenvalue weighted by Gasteiger charge is 2.28. The van der Waals surface area contributed by atoms with Gasteiger partial charge in [-0.3, -0.25) is 9.69 Å². The number of anilines is 1. The molecule has 1 aliphatic heterocycles. The van der Waals surface area contributed by atoms with Crippen molar-refractivity contribution in [2.75, 3.05) is 18.4 Å². The third-order valence-corrected chi connectivity index (χ3v) is 6.13. The van der Waals surface area contributed by atoms with Crippen LogP contribution in [0.4, 0.5) is 10.1 Å². The summed E-state index contributed by atoms with van der Waals surface area (Å²) in [5, 5.41) is 3.95. The summed E-state index contributed by atoms with van der Waals surface area (Å²) in [6, 6.07) is 14.9. The average Bonchev–Trinajstić information content (AvgIpc) is 3.14. The molecule has 0 saturated carbocycles. The van der Waals surface area contributed by atoms with Crippen LogP contribution in [0.25, 0.3) is 10.9 Å². The molecule has 4 rings (SSSR count). The SMILES string of the molecule is CC(C(=O)Nc1ccc(Br)cc1F)N1CCC(c2cc3ccccc3[nH]2)CC1. The second-order valence-electron chi connectivity index (χ2n) is 7.41. The Hall–Kier alpha value is -2.18. The van der Waals surface area contributed by atoms with E-state index < -0.39 is 5.82 Å². The van der Waals surface area contributed by atoms with E-state index in [9.17, 15) is 9.18 Å². The second-order valence-corrected chi connectivity index (χ2v) is 8.33. The maximum absolute atomic E-state index is 14.0. The Bertz CT molecular complexity index is 961. The monoisotopic (exact) mass is 443 g/mol. The Morgan fingerprint density at radius 2 is 1.96 bits per heavy atom. The first-order valence-electron chi connectivity index (χ1n) is 9.59. The summed E-state index contributed by atoms with van der Waals surface area (Å²) in [4.78, 5) is 18.3. The van der Waals surface area contributed by atoms with Crippen LogP contribution in [0.15, 0.2) is 53.0 Å². The molecule has 1 saturated heterocycles. The lowest BCUT2D eigenvalue weighted by molar-refractivity contribution is -0.121. The van der Waals surface area contributed by atoms with Crippen molar-refractivity contribution in [3.8, 4) is 0 Å². The number of fused-ring (bicyclic) bond motifs is 1. The molecule has 3 aromatic rings. The van der Waals surface area contributed by atoms with E-state index in [0.717, 1.165) is 25.9 Å². The van der Waals surface area contributed by atoms with E-state index in [-0.39, 0.29) is 17.6 Å². The topological polar surface area (TPSA) is 48.1 Å². The third kappa shape index (κ3) is 3.98. The zero-order valence-corrected chi connectivity index (χ0v) is 17.3. The molecular formula is C22H23BrFN3O. The van der Waals surface area contributed by atoms with Crippen LogP contribution in [0, 0.1) is 5.82 Å². The minimum atomic E-state index is -0.438. The van der Waals surface area contributed by atoms with Gasteiger partial charge in [-0.2, -0.15) is 0 Å². The van der Waals surface area contributed by atoms with Gasteiger partial charge in [-0.1, -0.05) is 34.1 Å². The number of H-pyrrole nitrogens is 1. The van der Waals surface area contributed by atoms with Gasteiger partial charge in [0.2, 0.25) is 5.91 Å². The first kappa shape index (κ1) is 19.2. The maximum atomic E-state index is 14.0. The van der Waals surface area contributed by atoms with Gasteiger partial charge < -0.3 is 10.3 Å². The number of rotatable bonds is 4. The summed E-state index contributed by atoms with van der Waals surface area (Å²) in [5.41, 5.74) is 2.66. The fourth-order valence-corrected chi connectivity index (χ4v) is 4.24. The van der Waals surface area contributed by atoms with Crippen LogP contribution in [-0.2, 0) is 4.79 Å². The standard InChI is InChI=1S/C22H23BrFN3O/c1-14(22(28)26-20-7-6-17(23)13-18(20)24)27-10-8-15(9-11-27)21-12-16-4-2-3-5-19(16)25-21/h2-7,12-15,25H,8-11H2,1H3,(H,26,28). The number of likely N-dealkylation sites (tertiary alicyclic amines) is 1. The minimum absolute atomic E-state index is 0.176. The number of halogens is 2. The zero-order valence-electron chi connectivity index (χ0n) is 15.7.